The van der Waals surface area contributed by atoms with Crippen LogP contribution in [0.3, 0.4) is 0 Å². The van der Waals surface area contributed by atoms with Gasteiger partial charge in [-0.1, -0.05) is 32.6 Å². The van der Waals surface area contributed by atoms with E-state index in [0.717, 1.165) is 18.8 Å². The summed E-state index contributed by atoms with van der Waals surface area (Å²) in [5.41, 5.74) is 0.502. The fourth-order valence-electron chi connectivity index (χ4n) is 1.58. The van der Waals surface area contributed by atoms with Gasteiger partial charge in [-0.25, -0.2) is 0 Å². The number of hydrogen-bond donors (Lipinski definition) is 0. The van der Waals surface area contributed by atoms with Crippen LogP contribution in [0.15, 0.2) is 24.3 Å². The molecule has 0 aliphatic carbocycles. The number of benzene rings is 1. The van der Waals surface area contributed by atoms with Gasteiger partial charge in [0.25, 0.3) is 5.24 Å². The summed E-state index contributed by atoms with van der Waals surface area (Å²) in [5, 5.41) is -0.434. The van der Waals surface area contributed by atoms with E-state index < -0.39 is 5.24 Å². The van der Waals surface area contributed by atoms with Crippen molar-refractivity contribution in [3.63, 3.8) is 0 Å². The van der Waals surface area contributed by atoms with Crippen LogP contribution in [0.25, 0.3) is 0 Å². The molecule has 0 N–H and O–H groups in total. The number of ether oxygens (including phenoxy) is 1. The second-order valence-corrected chi connectivity index (χ2v) is 4.40. The summed E-state index contributed by atoms with van der Waals surface area (Å²) in [6.07, 6.45) is 6.13. The minimum atomic E-state index is -0.434. The van der Waals surface area contributed by atoms with Gasteiger partial charge in [0.2, 0.25) is 0 Å². The molecule has 0 saturated carbocycles. The molecule has 0 aliphatic rings. The lowest BCUT2D eigenvalue weighted by molar-refractivity contribution is 0.108. The van der Waals surface area contributed by atoms with Crippen LogP contribution < -0.4 is 4.74 Å². The Morgan fingerprint density at radius 2 is 1.76 bits per heavy atom. The molecule has 0 amide bonds. The van der Waals surface area contributed by atoms with Crippen molar-refractivity contribution in [2.24, 2.45) is 0 Å². The van der Waals surface area contributed by atoms with Gasteiger partial charge in [0.1, 0.15) is 5.75 Å². The SMILES string of the molecule is CCCCCCCOc1ccc(C(=O)Cl)cc1. The van der Waals surface area contributed by atoms with E-state index in [1.54, 1.807) is 24.3 Å². The van der Waals surface area contributed by atoms with Gasteiger partial charge in [-0.3, -0.25) is 4.79 Å². The van der Waals surface area contributed by atoms with Crippen molar-refractivity contribution in [1.82, 2.24) is 0 Å². The Morgan fingerprint density at radius 3 is 2.35 bits per heavy atom. The Morgan fingerprint density at radius 1 is 1.12 bits per heavy atom. The Labute approximate surface area is 108 Å². The van der Waals surface area contributed by atoms with Gasteiger partial charge in [-0.05, 0) is 42.3 Å². The van der Waals surface area contributed by atoms with Crippen LogP contribution in [-0.4, -0.2) is 11.8 Å². The van der Waals surface area contributed by atoms with E-state index in [4.69, 9.17) is 16.3 Å². The molecule has 0 heterocycles. The highest BCUT2D eigenvalue weighted by Gasteiger charge is 2.01. The Balaban J connectivity index is 2.21. The van der Waals surface area contributed by atoms with Crippen LogP contribution in [0.5, 0.6) is 5.75 Å². The molecule has 1 rings (SSSR count). The lowest BCUT2D eigenvalue weighted by Gasteiger charge is -2.06. The summed E-state index contributed by atoms with van der Waals surface area (Å²) < 4.78 is 5.57. The zero-order valence-corrected chi connectivity index (χ0v) is 11.0. The molecule has 1 aromatic carbocycles. The van der Waals surface area contributed by atoms with Crippen molar-refractivity contribution in [2.75, 3.05) is 6.61 Å². The third kappa shape index (κ3) is 5.73. The van der Waals surface area contributed by atoms with Crippen molar-refractivity contribution in [3.8, 4) is 5.75 Å². The molecule has 17 heavy (non-hydrogen) atoms. The average molecular weight is 255 g/mol. The zero-order valence-electron chi connectivity index (χ0n) is 10.2. The summed E-state index contributed by atoms with van der Waals surface area (Å²) in [5.74, 6) is 0.794. The van der Waals surface area contributed by atoms with Gasteiger partial charge < -0.3 is 4.74 Å². The molecule has 0 fully saturated rings. The number of carbonyl (C=O) groups excluding carboxylic acids is 1. The topological polar surface area (TPSA) is 26.3 Å². The predicted octanol–water partition coefficient (Wildman–Crippen LogP) is 4.41. The summed E-state index contributed by atoms with van der Waals surface area (Å²) in [6, 6.07) is 6.92. The van der Waals surface area contributed by atoms with Crippen molar-refractivity contribution in [3.05, 3.63) is 29.8 Å². The largest absolute Gasteiger partial charge is 0.494 e. The molecule has 0 radical (unpaired) electrons. The van der Waals surface area contributed by atoms with Crippen molar-refractivity contribution in [1.29, 1.82) is 0 Å². The van der Waals surface area contributed by atoms with Gasteiger partial charge in [0.05, 0.1) is 6.61 Å². The van der Waals surface area contributed by atoms with Crippen molar-refractivity contribution >= 4 is 16.8 Å². The van der Waals surface area contributed by atoms with Gasteiger partial charge in [0, 0.05) is 5.56 Å². The highest BCUT2D eigenvalue weighted by atomic mass is 35.5. The Hall–Kier alpha value is -1.02. The molecule has 0 bridgehead atoms. The van der Waals surface area contributed by atoms with Gasteiger partial charge >= 0.3 is 0 Å². The van der Waals surface area contributed by atoms with Crippen molar-refractivity contribution < 1.29 is 9.53 Å². The first-order valence-electron chi connectivity index (χ1n) is 6.16. The maximum atomic E-state index is 10.8. The van der Waals surface area contributed by atoms with E-state index in [2.05, 4.69) is 6.92 Å². The molecular weight excluding hydrogens is 236 g/mol. The minimum Gasteiger partial charge on any atom is -0.494 e. The quantitative estimate of drug-likeness (QED) is 0.507. The van der Waals surface area contributed by atoms with Gasteiger partial charge in [0.15, 0.2) is 0 Å². The smallest absolute Gasteiger partial charge is 0.252 e. The maximum absolute atomic E-state index is 10.8. The third-order valence-electron chi connectivity index (χ3n) is 2.60. The summed E-state index contributed by atoms with van der Waals surface area (Å²) in [7, 11) is 0. The fraction of sp³-hybridized carbons (Fsp3) is 0.500. The molecule has 1 aromatic rings. The first-order chi connectivity index (χ1) is 8.24. The third-order valence-corrected chi connectivity index (χ3v) is 2.82. The standard InChI is InChI=1S/C14H19ClO2/c1-2-3-4-5-6-11-17-13-9-7-12(8-10-13)14(15)16/h7-10H,2-6,11H2,1H3. The van der Waals surface area contributed by atoms with E-state index >= 15 is 0 Å². The summed E-state index contributed by atoms with van der Waals surface area (Å²) in [4.78, 5) is 10.8. The number of hydrogen-bond acceptors (Lipinski definition) is 2. The first kappa shape index (κ1) is 14.0. The molecule has 0 atom stereocenters. The first-order valence-corrected chi connectivity index (χ1v) is 6.54. The maximum Gasteiger partial charge on any atom is 0.252 e. The van der Waals surface area contributed by atoms with Gasteiger partial charge in [-0.2, -0.15) is 0 Å². The molecular formula is C14H19ClO2. The second-order valence-electron chi connectivity index (χ2n) is 4.06. The molecule has 0 spiro atoms. The number of carbonyl (C=O) groups is 1. The minimum absolute atomic E-state index is 0.434. The van der Waals surface area contributed by atoms with Crippen molar-refractivity contribution in [2.45, 2.75) is 39.0 Å². The van der Waals surface area contributed by atoms with E-state index in [9.17, 15) is 4.79 Å². The molecule has 0 aliphatic heterocycles. The monoisotopic (exact) mass is 254 g/mol. The molecule has 2 nitrogen and oxygen atoms in total. The number of halogens is 1. The zero-order chi connectivity index (χ0) is 12.5. The fourth-order valence-corrected chi connectivity index (χ4v) is 1.70. The van der Waals surface area contributed by atoms with E-state index in [1.165, 1.54) is 25.7 Å². The average Bonchev–Trinajstić information content (AvgIpc) is 2.34. The highest BCUT2D eigenvalue weighted by molar-refractivity contribution is 6.67. The van der Waals surface area contributed by atoms with Gasteiger partial charge in [-0.15, -0.1) is 0 Å². The van der Waals surface area contributed by atoms with Crippen LogP contribution in [-0.2, 0) is 0 Å². The van der Waals surface area contributed by atoms with Crippen LogP contribution >= 0.6 is 11.6 Å². The van der Waals surface area contributed by atoms with Crippen LogP contribution in [0.4, 0.5) is 0 Å². The van der Waals surface area contributed by atoms with Crippen LogP contribution in [0.1, 0.15) is 49.4 Å². The van der Waals surface area contributed by atoms with E-state index in [0.29, 0.717) is 5.56 Å². The van der Waals surface area contributed by atoms with E-state index in [1.807, 2.05) is 0 Å². The van der Waals surface area contributed by atoms with Crippen LogP contribution in [0, 0.1) is 0 Å². The molecule has 0 unspecified atom stereocenters. The molecule has 0 aromatic heterocycles. The molecule has 3 heteroatoms. The summed E-state index contributed by atoms with van der Waals surface area (Å²) >= 11 is 5.35. The highest BCUT2D eigenvalue weighted by Crippen LogP contribution is 2.14. The summed E-state index contributed by atoms with van der Waals surface area (Å²) in [6.45, 7) is 2.94. The molecule has 0 saturated heterocycles. The predicted molar refractivity (Wildman–Crippen MR) is 70.9 cm³/mol. The second kappa shape index (κ2) is 8.13. The Bertz CT molecular complexity index is 333. The normalized spacial score (nSPS) is 10.2. The Kier molecular flexibility index (Phi) is 6.71. The lowest BCUT2D eigenvalue weighted by Crippen LogP contribution is -1.97. The molecule has 94 valence electrons. The lowest BCUT2D eigenvalue weighted by atomic mass is 10.2. The van der Waals surface area contributed by atoms with Crippen LogP contribution in [0.2, 0.25) is 0 Å². The number of rotatable bonds is 8. The van der Waals surface area contributed by atoms with E-state index in [-0.39, 0.29) is 0 Å². The number of unbranched alkanes of at least 4 members (excludes halogenated alkanes) is 4.